The van der Waals surface area contributed by atoms with Crippen molar-refractivity contribution in [3.8, 4) is 0 Å². The Bertz CT molecular complexity index is 607. The zero-order valence-electron chi connectivity index (χ0n) is 11.1. The Morgan fingerprint density at radius 1 is 1.47 bits per heavy atom. The lowest BCUT2D eigenvalue weighted by Crippen LogP contribution is -2.46. The maximum Gasteiger partial charge on any atom is 0.184 e. The molecule has 0 unspecified atom stereocenters. The number of rotatable bonds is 3. The molecular formula is C12H18N6O. The Balaban J connectivity index is 1.97. The standard InChI is InChI=1S/C12H18N6O/c1-12(2)7(3-4-19)5-8(12)18-11-9(16-17-18)10(13)14-6-15-11/h6-8,19H,3-5H2,1-2H3,(H2,13,14,15)/t7-,8+/m1/s1. The molecule has 7 nitrogen and oxygen atoms in total. The van der Waals surface area contributed by atoms with Gasteiger partial charge in [0.1, 0.15) is 6.33 Å². The first-order chi connectivity index (χ1) is 9.05. The highest BCUT2D eigenvalue weighted by Crippen LogP contribution is 2.55. The first-order valence-corrected chi connectivity index (χ1v) is 6.48. The van der Waals surface area contributed by atoms with Crippen LogP contribution in [0.15, 0.2) is 6.33 Å². The van der Waals surface area contributed by atoms with Gasteiger partial charge < -0.3 is 10.8 Å². The van der Waals surface area contributed by atoms with Crippen LogP contribution >= 0.6 is 0 Å². The van der Waals surface area contributed by atoms with E-state index < -0.39 is 0 Å². The molecule has 1 saturated carbocycles. The van der Waals surface area contributed by atoms with Gasteiger partial charge in [-0.3, -0.25) is 0 Å². The third-order valence-corrected chi connectivity index (χ3v) is 4.48. The summed E-state index contributed by atoms with van der Waals surface area (Å²) in [5.74, 6) is 0.862. The van der Waals surface area contributed by atoms with Crippen molar-refractivity contribution in [2.45, 2.75) is 32.7 Å². The van der Waals surface area contributed by atoms with Gasteiger partial charge in [0.15, 0.2) is 17.0 Å². The fraction of sp³-hybridized carbons (Fsp3) is 0.667. The number of fused-ring (bicyclic) bond motifs is 1. The minimum Gasteiger partial charge on any atom is -0.396 e. The fourth-order valence-corrected chi connectivity index (χ4v) is 3.04. The Morgan fingerprint density at radius 2 is 2.26 bits per heavy atom. The van der Waals surface area contributed by atoms with Crippen molar-refractivity contribution in [1.82, 2.24) is 25.0 Å². The molecule has 0 bridgehead atoms. The molecule has 1 aliphatic rings. The lowest BCUT2D eigenvalue weighted by Gasteiger charge is -2.51. The van der Waals surface area contributed by atoms with Crippen LogP contribution in [0.2, 0.25) is 0 Å². The summed E-state index contributed by atoms with van der Waals surface area (Å²) in [6, 6.07) is 0.239. The summed E-state index contributed by atoms with van der Waals surface area (Å²) in [6.07, 6.45) is 3.25. The molecule has 3 rings (SSSR count). The zero-order valence-corrected chi connectivity index (χ0v) is 11.1. The van der Waals surface area contributed by atoms with E-state index >= 15 is 0 Å². The van der Waals surface area contributed by atoms with Gasteiger partial charge in [0, 0.05) is 6.61 Å². The molecule has 3 N–H and O–H groups in total. The monoisotopic (exact) mass is 262 g/mol. The zero-order chi connectivity index (χ0) is 13.6. The van der Waals surface area contributed by atoms with Crippen LogP contribution in [0, 0.1) is 11.3 Å². The van der Waals surface area contributed by atoms with Crippen LogP contribution < -0.4 is 5.73 Å². The molecule has 0 amide bonds. The third kappa shape index (κ3) is 1.68. The summed E-state index contributed by atoms with van der Waals surface area (Å²) in [4.78, 5) is 8.16. The summed E-state index contributed by atoms with van der Waals surface area (Å²) in [5, 5.41) is 17.3. The van der Waals surface area contributed by atoms with E-state index in [9.17, 15) is 0 Å². The maximum absolute atomic E-state index is 9.09. The molecule has 0 radical (unpaired) electrons. The second-order valence-corrected chi connectivity index (χ2v) is 5.75. The minimum atomic E-state index is 0.0725. The van der Waals surface area contributed by atoms with Crippen molar-refractivity contribution in [2.24, 2.45) is 11.3 Å². The molecule has 19 heavy (non-hydrogen) atoms. The molecule has 0 aliphatic heterocycles. The van der Waals surface area contributed by atoms with Crippen LogP contribution in [0.4, 0.5) is 5.82 Å². The van der Waals surface area contributed by atoms with Crippen molar-refractivity contribution < 1.29 is 5.11 Å². The average molecular weight is 262 g/mol. The van der Waals surface area contributed by atoms with Crippen LogP contribution in [-0.4, -0.2) is 36.7 Å². The summed E-state index contributed by atoms with van der Waals surface area (Å²) in [5.41, 5.74) is 7.09. The van der Waals surface area contributed by atoms with Crippen molar-refractivity contribution in [2.75, 3.05) is 12.3 Å². The van der Waals surface area contributed by atoms with E-state index in [1.54, 1.807) is 0 Å². The van der Waals surface area contributed by atoms with Gasteiger partial charge in [-0.1, -0.05) is 19.1 Å². The number of aromatic nitrogens is 5. The Kier molecular flexibility index (Phi) is 2.67. The molecule has 2 atom stereocenters. The van der Waals surface area contributed by atoms with E-state index in [2.05, 4.69) is 34.1 Å². The van der Waals surface area contributed by atoms with Crippen LogP contribution in [0.5, 0.6) is 0 Å². The van der Waals surface area contributed by atoms with Crippen molar-refractivity contribution in [3.63, 3.8) is 0 Å². The highest BCUT2D eigenvalue weighted by Gasteiger charge is 2.49. The largest absolute Gasteiger partial charge is 0.396 e. The van der Waals surface area contributed by atoms with Gasteiger partial charge in [0.2, 0.25) is 0 Å². The van der Waals surface area contributed by atoms with Crippen LogP contribution in [0.25, 0.3) is 11.2 Å². The van der Waals surface area contributed by atoms with Gasteiger partial charge in [0.25, 0.3) is 0 Å². The molecule has 2 heterocycles. The van der Waals surface area contributed by atoms with E-state index in [1.807, 2.05) is 4.68 Å². The summed E-state index contributed by atoms with van der Waals surface area (Å²) in [7, 11) is 0. The normalized spacial score (nSPS) is 25.4. The summed E-state index contributed by atoms with van der Waals surface area (Å²) < 4.78 is 1.85. The number of hydrogen-bond acceptors (Lipinski definition) is 6. The average Bonchev–Trinajstić information content (AvgIpc) is 2.79. The van der Waals surface area contributed by atoms with Gasteiger partial charge in [-0.2, -0.15) is 0 Å². The number of nitrogen functional groups attached to an aromatic ring is 1. The topological polar surface area (TPSA) is 103 Å². The number of nitrogens with two attached hydrogens (primary N) is 1. The van der Waals surface area contributed by atoms with E-state index in [0.29, 0.717) is 22.9 Å². The molecule has 0 aromatic carbocycles. The number of nitrogens with zero attached hydrogens (tertiary/aromatic N) is 5. The van der Waals surface area contributed by atoms with Gasteiger partial charge >= 0.3 is 0 Å². The predicted molar refractivity (Wildman–Crippen MR) is 70.2 cm³/mol. The molecule has 102 valence electrons. The summed E-state index contributed by atoms with van der Waals surface area (Å²) >= 11 is 0. The van der Waals surface area contributed by atoms with E-state index in [1.165, 1.54) is 6.33 Å². The first kappa shape index (κ1) is 12.3. The van der Waals surface area contributed by atoms with Crippen molar-refractivity contribution in [1.29, 1.82) is 0 Å². The maximum atomic E-state index is 9.09. The minimum absolute atomic E-state index is 0.0725. The molecular weight excluding hydrogens is 244 g/mol. The molecule has 7 heteroatoms. The van der Waals surface area contributed by atoms with Crippen molar-refractivity contribution >= 4 is 17.0 Å². The number of anilines is 1. The highest BCUT2D eigenvalue weighted by atomic mass is 16.3. The Labute approximate surface area is 110 Å². The lowest BCUT2D eigenvalue weighted by atomic mass is 9.57. The van der Waals surface area contributed by atoms with Crippen molar-refractivity contribution in [3.05, 3.63) is 6.33 Å². The molecule has 2 aromatic rings. The van der Waals surface area contributed by atoms with Gasteiger partial charge in [-0.05, 0) is 24.2 Å². The number of hydrogen-bond donors (Lipinski definition) is 2. The highest BCUT2D eigenvalue weighted by molar-refractivity contribution is 5.80. The Hall–Kier alpha value is -1.76. The van der Waals surface area contributed by atoms with Gasteiger partial charge in [-0.15, -0.1) is 5.10 Å². The van der Waals surface area contributed by atoms with E-state index in [4.69, 9.17) is 10.8 Å². The number of aliphatic hydroxyl groups excluding tert-OH is 1. The molecule has 0 saturated heterocycles. The quantitative estimate of drug-likeness (QED) is 0.847. The molecule has 1 aliphatic carbocycles. The first-order valence-electron chi connectivity index (χ1n) is 6.48. The van der Waals surface area contributed by atoms with Gasteiger partial charge in [-0.25, -0.2) is 14.6 Å². The molecule has 0 spiro atoms. The number of aliphatic hydroxyl groups is 1. The smallest absolute Gasteiger partial charge is 0.184 e. The van der Waals surface area contributed by atoms with Crippen LogP contribution in [-0.2, 0) is 0 Å². The fourth-order valence-electron chi connectivity index (χ4n) is 3.04. The predicted octanol–water partition coefficient (Wildman–Crippen LogP) is 0.773. The Morgan fingerprint density at radius 3 is 2.95 bits per heavy atom. The summed E-state index contributed by atoms with van der Waals surface area (Å²) in [6.45, 7) is 4.62. The van der Waals surface area contributed by atoms with Crippen LogP contribution in [0.1, 0.15) is 32.7 Å². The third-order valence-electron chi connectivity index (χ3n) is 4.48. The SMILES string of the molecule is CC1(C)[C@H](CCO)C[C@@H]1n1nnc2c(N)ncnc21. The lowest BCUT2D eigenvalue weighted by molar-refractivity contribution is -0.0286. The van der Waals surface area contributed by atoms with E-state index in [0.717, 1.165) is 12.8 Å². The molecule has 1 fully saturated rings. The molecule has 2 aromatic heterocycles. The van der Waals surface area contributed by atoms with E-state index in [-0.39, 0.29) is 18.1 Å². The van der Waals surface area contributed by atoms with Crippen LogP contribution in [0.3, 0.4) is 0 Å². The van der Waals surface area contributed by atoms with Gasteiger partial charge in [0.05, 0.1) is 6.04 Å². The second-order valence-electron chi connectivity index (χ2n) is 5.75. The second kappa shape index (κ2) is 4.12.